The first-order chi connectivity index (χ1) is 13.4. The summed E-state index contributed by atoms with van der Waals surface area (Å²) in [5, 5.41) is 9.44. The Morgan fingerprint density at radius 2 is 1.93 bits per heavy atom. The minimum absolute atomic E-state index is 0.0158. The highest BCUT2D eigenvalue weighted by atomic mass is 32.1. The lowest BCUT2D eigenvalue weighted by Gasteiger charge is -2.10. The van der Waals surface area contributed by atoms with E-state index in [2.05, 4.69) is 19.9 Å². The van der Waals surface area contributed by atoms with Crippen LogP contribution in [0.15, 0.2) is 42.7 Å². The number of anilines is 2. The fourth-order valence-corrected chi connectivity index (χ4v) is 3.55. The number of nitrogens with two attached hydrogens (primary N) is 1. The molecule has 3 N–H and O–H groups in total. The summed E-state index contributed by atoms with van der Waals surface area (Å²) < 4.78 is 15.5. The second-order valence-corrected chi connectivity index (χ2v) is 6.93. The fraction of sp³-hybridized carbons (Fsp3) is 0.0556. The number of rotatable bonds is 3. The van der Waals surface area contributed by atoms with E-state index < -0.39 is 12.0 Å². The topological polar surface area (TPSA) is 118 Å². The number of pyridine rings is 1. The van der Waals surface area contributed by atoms with E-state index in [1.54, 1.807) is 30.3 Å². The molecule has 1 aromatic carbocycles. The average Bonchev–Trinajstić information content (AvgIpc) is 3.10. The maximum absolute atomic E-state index is 14.6. The second-order valence-electron chi connectivity index (χ2n) is 5.89. The van der Waals surface area contributed by atoms with Crippen molar-refractivity contribution in [2.24, 2.45) is 0 Å². The summed E-state index contributed by atoms with van der Waals surface area (Å²) in [5.41, 5.74) is 8.21. The summed E-state index contributed by atoms with van der Waals surface area (Å²) in [6.07, 6.45) is 1.60. The number of aromatic nitrogens is 4. The molecule has 1 amide bonds. The van der Waals surface area contributed by atoms with Crippen LogP contribution in [-0.4, -0.2) is 38.2 Å². The molecule has 0 saturated heterocycles. The number of thiazole rings is 1. The Kier molecular flexibility index (Phi) is 4.32. The van der Waals surface area contributed by atoms with E-state index in [4.69, 9.17) is 10.8 Å². The predicted octanol–water partition coefficient (Wildman–Crippen LogP) is 3.65. The van der Waals surface area contributed by atoms with Crippen molar-refractivity contribution in [3.63, 3.8) is 0 Å². The van der Waals surface area contributed by atoms with Gasteiger partial charge in [-0.15, -0.1) is 11.3 Å². The van der Waals surface area contributed by atoms with E-state index >= 15 is 0 Å². The van der Waals surface area contributed by atoms with Crippen LogP contribution in [0.2, 0.25) is 0 Å². The van der Waals surface area contributed by atoms with Gasteiger partial charge in [-0.1, -0.05) is 0 Å². The Balaban J connectivity index is 1.66. The highest BCUT2D eigenvalue weighted by Gasteiger charge is 2.15. The quantitative estimate of drug-likeness (QED) is 0.401. The number of hydrogen-bond donors (Lipinski definition) is 2. The Hall–Kier alpha value is -3.66. The number of amides is 1. The molecule has 0 saturated carbocycles. The first-order valence-electron chi connectivity index (χ1n) is 8.04. The molecule has 3 heterocycles. The van der Waals surface area contributed by atoms with Crippen molar-refractivity contribution in [2.45, 2.75) is 0 Å². The molecule has 3 aromatic heterocycles. The lowest BCUT2D eigenvalue weighted by Crippen LogP contribution is -2.25. The van der Waals surface area contributed by atoms with E-state index in [0.29, 0.717) is 22.0 Å². The number of carbonyl (C=O) groups is 1. The van der Waals surface area contributed by atoms with Crippen LogP contribution in [0, 0.1) is 5.95 Å². The number of hydrogen-bond acceptors (Lipinski definition) is 7. The summed E-state index contributed by atoms with van der Waals surface area (Å²) in [7, 11) is 1.33. The van der Waals surface area contributed by atoms with Gasteiger partial charge in [0.2, 0.25) is 11.9 Å². The van der Waals surface area contributed by atoms with Gasteiger partial charge < -0.3 is 10.8 Å². The molecular formula is C18H13FN6O2S. The van der Waals surface area contributed by atoms with Crippen molar-refractivity contribution in [1.82, 2.24) is 19.9 Å². The van der Waals surface area contributed by atoms with Crippen molar-refractivity contribution in [3.05, 3.63) is 48.7 Å². The maximum Gasteiger partial charge on any atom is 0.413 e. The van der Waals surface area contributed by atoms with E-state index in [9.17, 15) is 9.18 Å². The molecule has 0 spiro atoms. The van der Waals surface area contributed by atoms with Crippen LogP contribution in [0.5, 0.6) is 0 Å². The molecule has 4 rings (SSSR count). The van der Waals surface area contributed by atoms with Crippen molar-refractivity contribution >= 4 is 39.3 Å². The van der Waals surface area contributed by atoms with E-state index in [1.807, 2.05) is 0 Å². The van der Waals surface area contributed by atoms with Gasteiger partial charge in [0.25, 0.3) is 0 Å². The van der Waals surface area contributed by atoms with Crippen LogP contribution in [0.1, 0.15) is 0 Å². The molecule has 0 unspecified atom stereocenters. The summed E-state index contributed by atoms with van der Waals surface area (Å²) in [4.78, 5) is 28.2. The molecule has 0 atom stereocenters. The largest absolute Gasteiger partial charge is 0.465 e. The Morgan fingerprint density at radius 1 is 1.18 bits per heavy atom. The van der Waals surface area contributed by atoms with Gasteiger partial charge in [0, 0.05) is 30.7 Å². The zero-order valence-electron chi connectivity index (χ0n) is 14.5. The maximum atomic E-state index is 14.6. The van der Waals surface area contributed by atoms with Crippen LogP contribution >= 0.6 is 11.3 Å². The van der Waals surface area contributed by atoms with Crippen molar-refractivity contribution in [3.8, 4) is 21.8 Å². The second kappa shape index (κ2) is 6.82. The number of halogens is 1. The zero-order valence-corrected chi connectivity index (χ0v) is 15.3. The Morgan fingerprint density at radius 3 is 2.61 bits per heavy atom. The SMILES string of the molecule is CN(C(=O)O)c1ncc(-c2ccc(-c3nc4ccc(N)cc4s3)c(F)n2)cn1. The minimum Gasteiger partial charge on any atom is -0.465 e. The van der Waals surface area contributed by atoms with Crippen molar-refractivity contribution < 1.29 is 14.3 Å². The lowest BCUT2D eigenvalue weighted by molar-refractivity contribution is 0.203. The fourth-order valence-electron chi connectivity index (χ4n) is 2.52. The summed E-state index contributed by atoms with van der Waals surface area (Å²) >= 11 is 1.33. The third-order valence-corrected chi connectivity index (χ3v) is 5.06. The third kappa shape index (κ3) is 3.21. The normalized spacial score (nSPS) is 10.9. The standard InChI is InChI=1S/C18H13FN6O2S/c1-25(18(26)27)17-21-7-9(8-22-17)12-5-3-11(15(19)23-12)16-24-13-4-2-10(20)6-14(13)28-16/h2-8H,20H2,1H3,(H,26,27). The average molecular weight is 396 g/mol. The van der Waals surface area contributed by atoms with Gasteiger partial charge in [0.05, 0.1) is 21.5 Å². The monoisotopic (exact) mass is 396 g/mol. The number of carboxylic acid groups (broad SMARTS) is 1. The van der Waals surface area contributed by atoms with Crippen LogP contribution in [0.4, 0.5) is 20.8 Å². The van der Waals surface area contributed by atoms with Crippen LogP contribution < -0.4 is 10.6 Å². The molecule has 10 heteroatoms. The van der Waals surface area contributed by atoms with E-state index in [-0.39, 0.29) is 11.5 Å². The van der Waals surface area contributed by atoms with Gasteiger partial charge >= 0.3 is 6.09 Å². The molecule has 4 aromatic rings. The Labute approximate surface area is 162 Å². The highest BCUT2D eigenvalue weighted by Crippen LogP contribution is 2.33. The van der Waals surface area contributed by atoms with Gasteiger partial charge in [0.1, 0.15) is 5.01 Å². The smallest absolute Gasteiger partial charge is 0.413 e. The molecule has 0 radical (unpaired) electrons. The molecule has 140 valence electrons. The molecule has 0 aliphatic carbocycles. The third-order valence-electron chi connectivity index (χ3n) is 4.01. The Bertz CT molecular complexity index is 1190. The zero-order chi connectivity index (χ0) is 19.8. The number of nitrogen functional groups attached to an aromatic ring is 1. The lowest BCUT2D eigenvalue weighted by atomic mass is 10.2. The highest BCUT2D eigenvalue weighted by molar-refractivity contribution is 7.21. The predicted molar refractivity (Wildman–Crippen MR) is 105 cm³/mol. The molecule has 28 heavy (non-hydrogen) atoms. The molecule has 0 bridgehead atoms. The van der Waals surface area contributed by atoms with Crippen LogP contribution in [0.3, 0.4) is 0 Å². The van der Waals surface area contributed by atoms with Crippen LogP contribution in [0.25, 0.3) is 32.0 Å². The van der Waals surface area contributed by atoms with Gasteiger partial charge in [-0.25, -0.2) is 29.6 Å². The molecule has 0 aliphatic heterocycles. The van der Waals surface area contributed by atoms with Crippen molar-refractivity contribution in [1.29, 1.82) is 0 Å². The number of benzene rings is 1. The van der Waals surface area contributed by atoms with Gasteiger partial charge in [-0.05, 0) is 30.3 Å². The van der Waals surface area contributed by atoms with Crippen LogP contribution in [-0.2, 0) is 0 Å². The summed E-state index contributed by atoms with van der Waals surface area (Å²) in [5.74, 6) is -0.654. The van der Waals surface area contributed by atoms with E-state index in [1.165, 1.54) is 30.8 Å². The molecular weight excluding hydrogens is 383 g/mol. The van der Waals surface area contributed by atoms with E-state index in [0.717, 1.165) is 15.1 Å². The molecule has 0 fully saturated rings. The van der Waals surface area contributed by atoms with Gasteiger partial charge in [-0.3, -0.25) is 0 Å². The summed E-state index contributed by atoms with van der Waals surface area (Å²) in [6, 6.07) is 8.56. The number of nitrogens with zero attached hydrogens (tertiary/aromatic N) is 5. The number of fused-ring (bicyclic) bond motifs is 1. The first kappa shape index (κ1) is 17.7. The van der Waals surface area contributed by atoms with Gasteiger partial charge in [0.15, 0.2) is 0 Å². The van der Waals surface area contributed by atoms with Gasteiger partial charge in [-0.2, -0.15) is 4.39 Å². The minimum atomic E-state index is -1.18. The van der Waals surface area contributed by atoms with Crippen molar-refractivity contribution in [2.75, 3.05) is 17.7 Å². The first-order valence-corrected chi connectivity index (χ1v) is 8.86. The summed E-state index contributed by atoms with van der Waals surface area (Å²) in [6.45, 7) is 0. The molecule has 0 aliphatic rings. The molecule has 8 nitrogen and oxygen atoms in total.